The lowest BCUT2D eigenvalue weighted by Crippen LogP contribution is -3.00. The Labute approximate surface area is 114 Å². The van der Waals surface area contributed by atoms with E-state index in [-0.39, 0.29) is 24.0 Å². The molecular weight excluding hydrogens is 325 g/mol. The van der Waals surface area contributed by atoms with Gasteiger partial charge in [-0.05, 0) is 13.0 Å². The molecule has 96 valence electrons. The lowest BCUT2D eigenvalue weighted by Gasteiger charge is -2.23. The molecule has 0 saturated carbocycles. The zero-order chi connectivity index (χ0) is 11.9. The van der Waals surface area contributed by atoms with Gasteiger partial charge < -0.3 is 33.6 Å². The molecular formula is C10H20INO4. The van der Waals surface area contributed by atoms with E-state index in [0.717, 1.165) is 17.4 Å². The molecule has 0 bridgehead atoms. The van der Waals surface area contributed by atoms with Crippen LogP contribution in [0.1, 0.15) is 13.3 Å². The molecule has 0 fully saturated rings. The van der Waals surface area contributed by atoms with Crippen molar-refractivity contribution in [3.63, 3.8) is 0 Å². The third-order valence-corrected chi connectivity index (χ3v) is 1.67. The van der Waals surface area contributed by atoms with E-state index in [1.165, 1.54) is 13.0 Å². The normalized spacial score (nSPS) is 11.9. The Morgan fingerprint density at radius 2 is 1.94 bits per heavy atom. The molecule has 6 heteroatoms. The molecule has 0 amide bonds. The molecule has 1 N–H and O–H groups in total. The average molecular weight is 345 g/mol. The summed E-state index contributed by atoms with van der Waals surface area (Å²) >= 11 is 0. The molecule has 0 saturated heterocycles. The van der Waals surface area contributed by atoms with Crippen LogP contribution in [0.4, 0.5) is 0 Å². The SMILES string of the molecule is CC=C(O)C(=O)OOCCC[N+](C)(C)C.[I-]. The van der Waals surface area contributed by atoms with Gasteiger partial charge in [0.2, 0.25) is 5.76 Å². The fourth-order valence-corrected chi connectivity index (χ4v) is 0.854. The second kappa shape index (κ2) is 8.77. The number of aliphatic hydroxyl groups is 1. The average Bonchev–Trinajstić information content (AvgIpc) is 2.14. The van der Waals surface area contributed by atoms with Crippen molar-refractivity contribution in [2.24, 2.45) is 0 Å². The summed E-state index contributed by atoms with van der Waals surface area (Å²) in [5, 5.41) is 8.92. The highest BCUT2D eigenvalue weighted by Gasteiger charge is 2.10. The summed E-state index contributed by atoms with van der Waals surface area (Å²) in [6.45, 7) is 2.79. The van der Waals surface area contributed by atoms with Crippen LogP contribution in [0.3, 0.4) is 0 Å². The zero-order valence-corrected chi connectivity index (χ0v) is 12.4. The molecule has 0 radical (unpaired) electrons. The van der Waals surface area contributed by atoms with Crippen molar-refractivity contribution in [2.45, 2.75) is 13.3 Å². The first-order valence-electron chi connectivity index (χ1n) is 4.86. The third kappa shape index (κ3) is 10.2. The molecule has 0 aliphatic rings. The maximum atomic E-state index is 10.9. The molecule has 16 heavy (non-hydrogen) atoms. The van der Waals surface area contributed by atoms with Crippen molar-refractivity contribution < 1.29 is 48.1 Å². The fraction of sp³-hybridized carbons (Fsp3) is 0.700. The molecule has 0 aromatic rings. The maximum Gasteiger partial charge on any atom is 0.406 e. The lowest BCUT2D eigenvalue weighted by atomic mass is 10.4. The summed E-state index contributed by atoms with van der Waals surface area (Å²) < 4.78 is 0.831. The zero-order valence-electron chi connectivity index (χ0n) is 10.2. The topological polar surface area (TPSA) is 55.8 Å². The summed E-state index contributed by atoms with van der Waals surface area (Å²) in [7, 11) is 6.20. The molecule has 0 atom stereocenters. The van der Waals surface area contributed by atoms with Crippen LogP contribution in [-0.2, 0) is 14.6 Å². The first-order valence-corrected chi connectivity index (χ1v) is 4.86. The lowest BCUT2D eigenvalue weighted by molar-refractivity contribution is -0.870. The van der Waals surface area contributed by atoms with Crippen molar-refractivity contribution in [1.82, 2.24) is 0 Å². The Morgan fingerprint density at radius 3 is 2.38 bits per heavy atom. The summed E-state index contributed by atoms with van der Waals surface area (Å²) in [5.41, 5.74) is 0. The first-order chi connectivity index (χ1) is 6.87. The van der Waals surface area contributed by atoms with Crippen molar-refractivity contribution in [1.29, 1.82) is 0 Å². The van der Waals surface area contributed by atoms with Crippen LogP contribution in [0.2, 0.25) is 0 Å². The highest BCUT2D eigenvalue weighted by Crippen LogP contribution is 1.97. The van der Waals surface area contributed by atoms with Crippen molar-refractivity contribution in [3.8, 4) is 0 Å². The molecule has 0 aliphatic carbocycles. The van der Waals surface area contributed by atoms with Gasteiger partial charge in [0.05, 0.1) is 34.3 Å². The Hall–Kier alpha value is -0.340. The molecule has 0 rings (SSSR count). The van der Waals surface area contributed by atoms with Gasteiger partial charge in [0, 0.05) is 6.42 Å². The quantitative estimate of drug-likeness (QED) is 0.115. The van der Waals surface area contributed by atoms with E-state index in [4.69, 9.17) is 5.11 Å². The van der Waals surface area contributed by atoms with Crippen molar-refractivity contribution in [2.75, 3.05) is 34.3 Å². The molecule has 0 aromatic heterocycles. The standard InChI is InChI=1S/C10H19NO4.HI/c1-5-9(12)10(13)15-14-8-6-7-11(2,3)4;/h5H,6-8H2,1-4H3;1H. The monoisotopic (exact) mass is 345 g/mol. The van der Waals surface area contributed by atoms with Crippen LogP contribution < -0.4 is 24.0 Å². The van der Waals surface area contributed by atoms with E-state index in [2.05, 4.69) is 30.9 Å². The van der Waals surface area contributed by atoms with E-state index in [1.807, 2.05) is 0 Å². The fourth-order valence-electron chi connectivity index (χ4n) is 0.854. The van der Waals surface area contributed by atoms with E-state index in [1.54, 1.807) is 0 Å². The van der Waals surface area contributed by atoms with Crippen LogP contribution in [-0.4, -0.2) is 49.9 Å². The van der Waals surface area contributed by atoms with Crippen LogP contribution in [0.15, 0.2) is 11.8 Å². The van der Waals surface area contributed by atoms with Gasteiger partial charge in [-0.15, -0.1) is 0 Å². The van der Waals surface area contributed by atoms with Gasteiger partial charge in [-0.1, -0.05) is 0 Å². The minimum absolute atomic E-state index is 0. The molecule has 5 nitrogen and oxygen atoms in total. The van der Waals surface area contributed by atoms with Crippen LogP contribution in [0.25, 0.3) is 0 Å². The van der Waals surface area contributed by atoms with Crippen LogP contribution >= 0.6 is 0 Å². The maximum absolute atomic E-state index is 10.9. The summed E-state index contributed by atoms with van der Waals surface area (Å²) in [6.07, 6.45) is 2.03. The minimum atomic E-state index is -0.859. The molecule has 0 unspecified atom stereocenters. The molecule has 0 spiro atoms. The number of nitrogens with zero attached hydrogens (tertiary/aromatic N) is 1. The van der Waals surface area contributed by atoms with Crippen molar-refractivity contribution >= 4 is 5.97 Å². The number of allylic oxidation sites excluding steroid dienone is 1. The first kappa shape index (κ1) is 18.0. The Kier molecular flexibility index (Phi) is 9.89. The number of hydrogen-bond acceptors (Lipinski definition) is 4. The Balaban J connectivity index is 0. The number of carbonyl (C=O) groups is 1. The third-order valence-electron chi connectivity index (χ3n) is 1.67. The molecule has 0 aromatic carbocycles. The number of quaternary nitrogens is 1. The predicted octanol–water partition coefficient (Wildman–Crippen LogP) is -1.98. The van der Waals surface area contributed by atoms with Crippen LogP contribution in [0.5, 0.6) is 0 Å². The molecule has 0 heterocycles. The van der Waals surface area contributed by atoms with Gasteiger partial charge in [-0.2, -0.15) is 4.89 Å². The number of carbonyl (C=O) groups excluding carboxylic acids is 1. The van der Waals surface area contributed by atoms with Gasteiger partial charge in [-0.3, -0.25) is 4.89 Å². The van der Waals surface area contributed by atoms with Gasteiger partial charge in [0.1, 0.15) is 0 Å². The van der Waals surface area contributed by atoms with E-state index in [0.29, 0.717) is 6.61 Å². The minimum Gasteiger partial charge on any atom is -1.00 e. The highest BCUT2D eigenvalue weighted by atomic mass is 127. The number of hydrogen-bond donors (Lipinski definition) is 1. The van der Waals surface area contributed by atoms with E-state index in [9.17, 15) is 4.79 Å². The van der Waals surface area contributed by atoms with Gasteiger partial charge in [0.15, 0.2) is 0 Å². The number of rotatable bonds is 6. The summed E-state index contributed by atoms with van der Waals surface area (Å²) in [6, 6.07) is 0. The largest absolute Gasteiger partial charge is 1.00 e. The smallest absolute Gasteiger partial charge is 0.406 e. The Bertz CT molecular complexity index is 235. The van der Waals surface area contributed by atoms with Crippen molar-refractivity contribution in [3.05, 3.63) is 11.8 Å². The molecule has 0 aliphatic heterocycles. The predicted molar refractivity (Wildman–Crippen MR) is 55.9 cm³/mol. The second-order valence-electron chi connectivity index (χ2n) is 4.23. The summed E-state index contributed by atoms with van der Waals surface area (Å²) in [5.74, 6) is -1.30. The van der Waals surface area contributed by atoms with Gasteiger partial charge in [-0.25, -0.2) is 4.79 Å². The Morgan fingerprint density at radius 1 is 1.38 bits per heavy atom. The highest BCUT2D eigenvalue weighted by molar-refractivity contribution is 5.84. The van der Waals surface area contributed by atoms with Crippen LogP contribution in [0, 0.1) is 0 Å². The van der Waals surface area contributed by atoms with E-state index >= 15 is 0 Å². The number of halogens is 1. The van der Waals surface area contributed by atoms with Gasteiger partial charge in [0.25, 0.3) is 0 Å². The summed E-state index contributed by atoms with van der Waals surface area (Å²) in [4.78, 5) is 19.9. The number of aliphatic hydroxyl groups excluding tert-OH is 1. The second-order valence-corrected chi connectivity index (χ2v) is 4.23. The van der Waals surface area contributed by atoms with E-state index < -0.39 is 11.7 Å². The van der Waals surface area contributed by atoms with Gasteiger partial charge >= 0.3 is 5.97 Å².